The summed E-state index contributed by atoms with van der Waals surface area (Å²) in [6, 6.07) is 10.5. The summed E-state index contributed by atoms with van der Waals surface area (Å²) in [6.45, 7) is 1.43. The molecule has 132 valence electrons. The zero-order valence-corrected chi connectivity index (χ0v) is 13.9. The molecular formula is C19H19F2NO3. The maximum Gasteiger partial charge on any atom is 0.244 e. The largest absolute Gasteiger partial charge is 0.496 e. The van der Waals surface area contributed by atoms with Crippen molar-refractivity contribution in [3.8, 4) is 5.75 Å². The van der Waals surface area contributed by atoms with Gasteiger partial charge in [0.2, 0.25) is 5.91 Å². The van der Waals surface area contributed by atoms with Crippen LogP contribution in [0.3, 0.4) is 0 Å². The molecule has 2 aromatic rings. The van der Waals surface area contributed by atoms with Gasteiger partial charge in [-0.25, -0.2) is 8.78 Å². The first kappa shape index (κ1) is 18.6. The summed E-state index contributed by atoms with van der Waals surface area (Å²) >= 11 is 0. The van der Waals surface area contributed by atoms with Gasteiger partial charge in [-0.15, -0.1) is 0 Å². The number of carbonyl (C=O) groups excluding carboxylic acids is 1. The van der Waals surface area contributed by atoms with E-state index in [0.717, 1.165) is 17.7 Å². The van der Waals surface area contributed by atoms with Crippen LogP contribution >= 0.6 is 0 Å². The summed E-state index contributed by atoms with van der Waals surface area (Å²) in [5.41, 5.74) is 0.940. The van der Waals surface area contributed by atoms with Crippen LogP contribution in [0.4, 0.5) is 8.78 Å². The molecule has 1 amide bonds. The average Bonchev–Trinajstić information content (AvgIpc) is 2.59. The lowest BCUT2D eigenvalue weighted by molar-refractivity contribution is -0.116. The van der Waals surface area contributed by atoms with Crippen molar-refractivity contribution in [1.29, 1.82) is 0 Å². The summed E-state index contributed by atoms with van der Waals surface area (Å²) in [5, 5.41) is 12.4. The van der Waals surface area contributed by atoms with E-state index in [2.05, 4.69) is 5.32 Å². The third-order valence-electron chi connectivity index (χ3n) is 3.68. The third-order valence-corrected chi connectivity index (χ3v) is 3.68. The van der Waals surface area contributed by atoms with E-state index in [9.17, 15) is 18.7 Å². The highest BCUT2D eigenvalue weighted by Crippen LogP contribution is 2.25. The fourth-order valence-corrected chi connectivity index (χ4v) is 2.42. The maximum absolute atomic E-state index is 13.6. The number of aliphatic hydroxyl groups excluding tert-OH is 1. The van der Waals surface area contributed by atoms with Crippen molar-refractivity contribution in [2.24, 2.45) is 0 Å². The molecule has 0 aliphatic heterocycles. The van der Waals surface area contributed by atoms with E-state index in [-0.39, 0.29) is 6.54 Å². The van der Waals surface area contributed by atoms with Gasteiger partial charge in [0.15, 0.2) is 0 Å². The first-order valence-corrected chi connectivity index (χ1v) is 7.65. The minimum absolute atomic E-state index is 0.313. The van der Waals surface area contributed by atoms with Crippen LogP contribution in [0.2, 0.25) is 0 Å². The number of para-hydroxylation sites is 1. The van der Waals surface area contributed by atoms with E-state index in [0.29, 0.717) is 11.3 Å². The van der Waals surface area contributed by atoms with Crippen molar-refractivity contribution in [3.05, 3.63) is 71.3 Å². The molecule has 4 nitrogen and oxygen atoms in total. The number of ether oxygens (including phenoxy) is 1. The van der Waals surface area contributed by atoms with Crippen LogP contribution in [-0.4, -0.2) is 24.7 Å². The first-order chi connectivity index (χ1) is 11.9. The number of hydrogen-bond donors (Lipinski definition) is 2. The SMILES string of the molecule is COc1ccccc1/C(C)=C/C(=O)NCC(O)c1c(F)cccc1F. The second kappa shape index (κ2) is 8.39. The predicted octanol–water partition coefficient (Wildman–Crippen LogP) is 3.23. The minimum atomic E-state index is -1.48. The lowest BCUT2D eigenvalue weighted by Crippen LogP contribution is -2.27. The Kier molecular flexibility index (Phi) is 6.25. The second-order valence-corrected chi connectivity index (χ2v) is 5.42. The number of hydrogen-bond acceptors (Lipinski definition) is 3. The van der Waals surface area contributed by atoms with Crippen molar-refractivity contribution in [3.63, 3.8) is 0 Å². The summed E-state index contributed by atoms with van der Waals surface area (Å²) in [5.74, 6) is -1.58. The monoisotopic (exact) mass is 347 g/mol. The Balaban J connectivity index is 2.05. The van der Waals surface area contributed by atoms with Crippen LogP contribution in [-0.2, 0) is 4.79 Å². The van der Waals surface area contributed by atoms with Crippen molar-refractivity contribution in [2.45, 2.75) is 13.0 Å². The highest BCUT2D eigenvalue weighted by molar-refractivity contribution is 5.95. The quantitative estimate of drug-likeness (QED) is 0.789. The standard InChI is InChI=1S/C19H19F2NO3/c1-12(13-6-3-4-9-17(13)25-2)10-18(24)22-11-16(23)19-14(20)7-5-8-15(19)21/h3-10,16,23H,11H2,1-2H3,(H,22,24)/b12-10+. The molecular weight excluding hydrogens is 328 g/mol. The molecule has 0 bridgehead atoms. The van der Waals surface area contributed by atoms with Gasteiger partial charge in [-0.05, 0) is 30.7 Å². The molecule has 0 aliphatic rings. The van der Waals surface area contributed by atoms with Gasteiger partial charge in [-0.3, -0.25) is 4.79 Å². The lowest BCUT2D eigenvalue weighted by atomic mass is 10.1. The molecule has 0 saturated carbocycles. The summed E-state index contributed by atoms with van der Waals surface area (Å²) in [6.07, 6.45) is -0.146. The third kappa shape index (κ3) is 4.64. The molecule has 1 unspecified atom stereocenters. The number of nitrogens with one attached hydrogen (secondary N) is 1. The Hall–Kier alpha value is -2.73. The van der Waals surface area contributed by atoms with E-state index in [4.69, 9.17) is 4.74 Å². The first-order valence-electron chi connectivity index (χ1n) is 7.65. The van der Waals surface area contributed by atoms with Crippen LogP contribution in [0.1, 0.15) is 24.2 Å². The molecule has 0 radical (unpaired) electrons. The van der Waals surface area contributed by atoms with Crippen LogP contribution in [0, 0.1) is 11.6 Å². The minimum Gasteiger partial charge on any atom is -0.496 e. The fourth-order valence-electron chi connectivity index (χ4n) is 2.42. The van der Waals surface area contributed by atoms with Gasteiger partial charge >= 0.3 is 0 Å². The summed E-state index contributed by atoms with van der Waals surface area (Å²) in [7, 11) is 1.53. The number of benzene rings is 2. The van der Waals surface area contributed by atoms with Crippen LogP contribution in [0.5, 0.6) is 5.75 Å². The number of allylic oxidation sites excluding steroid dienone is 1. The second-order valence-electron chi connectivity index (χ2n) is 5.42. The van der Waals surface area contributed by atoms with Gasteiger partial charge in [0.1, 0.15) is 23.5 Å². The molecule has 0 heterocycles. The zero-order chi connectivity index (χ0) is 18.4. The Morgan fingerprint density at radius 2 is 1.84 bits per heavy atom. The van der Waals surface area contributed by atoms with Crippen molar-refractivity contribution in [1.82, 2.24) is 5.32 Å². The zero-order valence-electron chi connectivity index (χ0n) is 13.9. The molecule has 1 atom stereocenters. The molecule has 0 fully saturated rings. The van der Waals surface area contributed by atoms with Crippen LogP contribution in [0.15, 0.2) is 48.5 Å². The van der Waals surface area contributed by atoms with Crippen molar-refractivity contribution >= 4 is 11.5 Å². The number of rotatable bonds is 6. The fraction of sp³-hybridized carbons (Fsp3) is 0.211. The molecule has 0 aliphatic carbocycles. The molecule has 0 aromatic heterocycles. The number of methoxy groups -OCH3 is 1. The Labute approximate surface area is 144 Å². The summed E-state index contributed by atoms with van der Waals surface area (Å²) < 4.78 is 32.4. The van der Waals surface area contributed by atoms with Crippen molar-refractivity contribution < 1.29 is 23.4 Å². The van der Waals surface area contributed by atoms with Crippen LogP contribution < -0.4 is 10.1 Å². The van der Waals surface area contributed by atoms with E-state index < -0.39 is 29.2 Å². The van der Waals surface area contributed by atoms with Gasteiger partial charge in [-0.1, -0.05) is 24.3 Å². The molecule has 2 N–H and O–H groups in total. The van der Waals surface area contributed by atoms with Gasteiger partial charge in [0.25, 0.3) is 0 Å². The number of carbonyl (C=O) groups is 1. The van der Waals surface area contributed by atoms with Gasteiger partial charge < -0.3 is 15.2 Å². The normalized spacial score (nSPS) is 12.6. The Bertz CT molecular complexity index is 770. The topological polar surface area (TPSA) is 58.6 Å². The summed E-state index contributed by atoms with van der Waals surface area (Å²) in [4.78, 5) is 12.0. The molecule has 0 spiro atoms. The number of halogens is 2. The van der Waals surface area contributed by atoms with Gasteiger partial charge in [0, 0.05) is 18.2 Å². The molecule has 0 saturated heterocycles. The smallest absolute Gasteiger partial charge is 0.244 e. The van der Waals surface area contributed by atoms with Gasteiger partial charge in [0.05, 0.1) is 12.7 Å². The van der Waals surface area contributed by atoms with Crippen molar-refractivity contribution in [2.75, 3.05) is 13.7 Å². The predicted molar refractivity (Wildman–Crippen MR) is 91.0 cm³/mol. The average molecular weight is 347 g/mol. The molecule has 2 rings (SSSR count). The van der Waals surface area contributed by atoms with E-state index in [1.165, 1.54) is 19.3 Å². The van der Waals surface area contributed by atoms with E-state index in [1.807, 2.05) is 18.2 Å². The highest BCUT2D eigenvalue weighted by atomic mass is 19.1. The van der Waals surface area contributed by atoms with Crippen LogP contribution in [0.25, 0.3) is 5.57 Å². The Morgan fingerprint density at radius 3 is 2.48 bits per heavy atom. The van der Waals surface area contributed by atoms with Gasteiger partial charge in [-0.2, -0.15) is 0 Å². The van der Waals surface area contributed by atoms with E-state index >= 15 is 0 Å². The lowest BCUT2D eigenvalue weighted by Gasteiger charge is -2.13. The Morgan fingerprint density at radius 1 is 1.20 bits per heavy atom. The van der Waals surface area contributed by atoms with E-state index in [1.54, 1.807) is 13.0 Å². The number of aliphatic hydroxyl groups is 1. The molecule has 25 heavy (non-hydrogen) atoms. The molecule has 2 aromatic carbocycles. The highest BCUT2D eigenvalue weighted by Gasteiger charge is 2.18. The molecule has 6 heteroatoms. The maximum atomic E-state index is 13.6. The number of amides is 1.